The molecule has 0 spiro atoms. The molecule has 0 aliphatic heterocycles. The van der Waals surface area contributed by atoms with Crippen LogP contribution in [-0.2, 0) is 6.54 Å². The van der Waals surface area contributed by atoms with Crippen LogP contribution in [0, 0.1) is 13.8 Å². The Morgan fingerprint density at radius 1 is 1.10 bits per heavy atom. The molecule has 3 heteroatoms. The number of phenolic OH excluding ortho intramolecular Hbond substituents is 1. The van der Waals surface area contributed by atoms with Gasteiger partial charge in [-0.15, -0.1) is 0 Å². The Morgan fingerprint density at radius 2 is 1.80 bits per heavy atom. The first-order valence-corrected chi connectivity index (χ1v) is 6.86. The molecule has 0 saturated carbocycles. The van der Waals surface area contributed by atoms with Crippen molar-refractivity contribution in [2.24, 2.45) is 0 Å². The van der Waals surface area contributed by atoms with Crippen LogP contribution in [0.4, 0.5) is 5.69 Å². The highest BCUT2D eigenvalue weighted by Gasteiger charge is 2.07. The van der Waals surface area contributed by atoms with E-state index < -0.39 is 0 Å². The van der Waals surface area contributed by atoms with Crippen molar-refractivity contribution in [3.8, 4) is 11.5 Å². The summed E-state index contributed by atoms with van der Waals surface area (Å²) in [5, 5.41) is 13.5. The summed E-state index contributed by atoms with van der Waals surface area (Å²) in [7, 11) is 0. The van der Waals surface area contributed by atoms with Gasteiger partial charge in [0.2, 0.25) is 0 Å². The maximum Gasteiger partial charge on any atom is 0.162 e. The van der Waals surface area contributed by atoms with Gasteiger partial charge in [-0.05, 0) is 50.1 Å². The minimum absolute atomic E-state index is 0.214. The first kappa shape index (κ1) is 14.3. The van der Waals surface area contributed by atoms with Gasteiger partial charge in [-0.2, -0.15) is 0 Å². The van der Waals surface area contributed by atoms with Crippen LogP contribution in [0.25, 0.3) is 0 Å². The van der Waals surface area contributed by atoms with Crippen LogP contribution in [0.5, 0.6) is 11.5 Å². The lowest BCUT2D eigenvalue weighted by Crippen LogP contribution is -2.01. The smallest absolute Gasteiger partial charge is 0.162 e. The molecule has 0 aliphatic rings. The molecule has 106 valence electrons. The minimum atomic E-state index is 0.214. The van der Waals surface area contributed by atoms with E-state index in [9.17, 15) is 5.11 Å². The van der Waals surface area contributed by atoms with Crippen molar-refractivity contribution in [1.29, 1.82) is 0 Å². The minimum Gasteiger partial charge on any atom is -0.504 e. The molecule has 0 aromatic heterocycles. The van der Waals surface area contributed by atoms with E-state index in [0.717, 1.165) is 11.3 Å². The van der Waals surface area contributed by atoms with Gasteiger partial charge in [0.05, 0.1) is 6.61 Å². The Labute approximate surface area is 120 Å². The predicted molar refractivity (Wildman–Crippen MR) is 82.5 cm³/mol. The standard InChI is InChI=1S/C17H21NO2/c1-4-20-16-7-5-6-14(17(16)19)11-18-15-9-12(2)8-13(3)10-15/h5-10,18-19H,4,11H2,1-3H3. The number of aromatic hydroxyl groups is 1. The van der Waals surface area contributed by atoms with E-state index in [2.05, 4.69) is 37.4 Å². The summed E-state index contributed by atoms with van der Waals surface area (Å²) >= 11 is 0. The van der Waals surface area contributed by atoms with E-state index in [0.29, 0.717) is 18.9 Å². The number of hydrogen-bond donors (Lipinski definition) is 2. The van der Waals surface area contributed by atoms with Crippen molar-refractivity contribution >= 4 is 5.69 Å². The highest BCUT2D eigenvalue weighted by atomic mass is 16.5. The van der Waals surface area contributed by atoms with E-state index in [1.54, 1.807) is 6.07 Å². The number of hydrogen-bond acceptors (Lipinski definition) is 3. The van der Waals surface area contributed by atoms with Gasteiger partial charge in [0.25, 0.3) is 0 Å². The Morgan fingerprint density at radius 3 is 2.45 bits per heavy atom. The first-order chi connectivity index (χ1) is 9.60. The van der Waals surface area contributed by atoms with Gasteiger partial charge in [-0.25, -0.2) is 0 Å². The van der Waals surface area contributed by atoms with Crippen LogP contribution >= 0.6 is 0 Å². The largest absolute Gasteiger partial charge is 0.504 e. The molecule has 0 unspecified atom stereocenters. The van der Waals surface area contributed by atoms with E-state index in [1.807, 2.05) is 19.1 Å². The molecule has 0 heterocycles. The van der Waals surface area contributed by atoms with Gasteiger partial charge < -0.3 is 15.2 Å². The van der Waals surface area contributed by atoms with E-state index in [-0.39, 0.29) is 5.75 Å². The predicted octanol–water partition coefficient (Wildman–Crippen LogP) is 4.02. The van der Waals surface area contributed by atoms with Gasteiger partial charge in [0.1, 0.15) is 0 Å². The molecule has 2 aromatic carbocycles. The molecule has 2 rings (SSSR count). The summed E-state index contributed by atoms with van der Waals surface area (Å²) in [6.07, 6.45) is 0. The summed E-state index contributed by atoms with van der Waals surface area (Å²) < 4.78 is 5.39. The summed E-state index contributed by atoms with van der Waals surface area (Å²) in [4.78, 5) is 0. The maximum atomic E-state index is 10.1. The van der Waals surface area contributed by atoms with Gasteiger partial charge in [-0.3, -0.25) is 0 Å². The lowest BCUT2D eigenvalue weighted by molar-refractivity contribution is 0.317. The normalized spacial score (nSPS) is 10.3. The fourth-order valence-electron chi connectivity index (χ4n) is 2.26. The fourth-order valence-corrected chi connectivity index (χ4v) is 2.26. The number of benzene rings is 2. The number of rotatable bonds is 5. The van der Waals surface area contributed by atoms with Crippen molar-refractivity contribution in [1.82, 2.24) is 0 Å². The molecule has 20 heavy (non-hydrogen) atoms. The van der Waals surface area contributed by atoms with Gasteiger partial charge >= 0.3 is 0 Å². The molecule has 2 N–H and O–H groups in total. The Bertz CT molecular complexity index is 573. The summed E-state index contributed by atoms with van der Waals surface area (Å²) in [6.45, 7) is 7.16. The Balaban J connectivity index is 2.12. The highest BCUT2D eigenvalue weighted by Crippen LogP contribution is 2.30. The van der Waals surface area contributed by atoms with E-state index in [4.69, 9.17) is 4.74 Å². The second-order valence-electron chi connectivity index (χ2n) is 4.93. The number of phenols is 1. The molecule has 3 nitrogen and oxygen atoms in total. The second-order valence-corrected chi connectivity index (χ2v) is 4.93. The van der Waals surface area contributed by atoms with Crippen LogP contribution < -0.4 is 10.1 Å². The van der Waals surface area contributed by atoms with Crippen LogP contribution in [0.2, 0.25) is 0 Å². The van der Waals surface area contributed by atoms with Crippen molar-refractivity contribution in [2.45, 2.75) is 27.3 Å². The third-order valence-corrected chi connectivity index (χ3v) is 3.09. The van der Waals surface area contributed by atoms with Gasteiger partial charge in [-0.1, -0.05) is 18.2 Å². The van der Waals surface area contributed by atoms with E-state index in [1.165, 1.54) is 11.1 Å². The quantitative estimate of drug-likeness (QED) is 0.863. The lowest BCUT2D eigenvalue weighted by Gasteiger charge is -2.12. The molecule has 0 amide bonds. The first-order valence-electron chi connectivity index (χ1n) is 6.86. The maximum absolute atomic E-state index is 10.1. The zero-order valence-electron chi connectivity index (χ0n) is 12.2. The van der Waals surface area contributed by atoms with Crippen molar-refractivity contribution in [2.75, 3.05) is 11.9 Å². The number of ether oxygens (including phenoxy) is 1. The molecule has 0 saturated heterocycles. The zero-order valence-corrected chi connectivity index (χ0v) is 12.2. The molecular weight excluding hydrogens is 250 g/mol. The molecular formula is C17H21NO2. The van der Waals surface area contributed by atoms with E-state index >= 15 is 0 Å². The number of para-hydroxylation sites is 1. The lowest BCUT2D eigenvalue weighted by atomic mass is 10.1. The van der Waals surface area contributed by atoms with Crippen LogP contribution in [-0.4, -0.2) is 11.7 Å². The second kappa shape index (κ2) is 6.33. The summed E-state index contributed by atoms with van der Waals surface area (Å²) in [5.74, 6) is 0.749. The van der Waals surface area contributed by atoms with Crippen LogP contribution in [0.1, 0.15) is 23.6 Å². The molecule has 0 radical (unpaired) electrons. The highest BCUT2D eigenvalue weighted by molar-refractivity contribution is 5.51. The van der Waals surface area contributed by atoms with Crippen LogP contribution in [0.3, 0.4) is 0 Å². The average molecular weight is 271 g/mol. The topological polar surface area (TPSA) is 41.5 Å². The van der Waals surface area contributed by atoms with Crippen molar-refractivity contribution < 1.29 is 9.84 Å². The molecule has 0 fully saturated rings. The SMILES string of the molecule is CCOc1cccc(CNc2cc(C)cc(C)c2)c1O. The third kappa shape index (κ3) is 3.44. The monoisotopic (exact) mass is 271 g/mol. The van der Waals surface area contributed by atoms with Crippen LogP contribution in [0.15, 0.2) is 36.4 Å². The van der Waals surface area contributed by atoms with Crippen molar-refractivity contribution in [3.63, 3.8) is 0 Å². The molecule has 0 bridgehead atoms. The van der Waals surface area contributed by atoms with Gasteiger partial charge in [0, 0.05) is 17.8 Å². The summed E-state index contributed by atoms with van der Waals surface area (Å²) in [5.41, 5.74) is 4.33. The Hall–Kier alpha value is -2.16. The average Bonchev–Trinajstić information content (AvgIpc) is 2.39. The van der Waals surface area contributed by atoms with Gasteiger partial charge in [0.15, 0.2) is 11.5 Å². The number of anilines is 1. The molecule has 0 atom stereocenters. The third-order valence-electron chi connectivity index (χ3n) is 3.09. The number of aryl methyl sites for hydroxylation is 2. The van der Waals surface area contributed by atoms with Crippen molar-refractivity contribution in [3.05, 3.63) is 53.1 Å². The Kier molecular flexibility index (Phi) is 4.51. The zero-order chi connectivity index (χ0) is 14.5. The fraction of sp³-hybridized carbons (Fsp3) is 0.294. The number of nitrogens with one attached hydrogen (secondary N) is 1. The molecule has 2 aromatic rings. The molecule has 0 aliphatic carbocycles. The summed E-state index contributed by atoms with van der Waals surface area (Å²) in [6, 6.07) is 11.9.